The molecule has 1 atom stereocenters. The van der Waals surface area contributed by atoms with Gasteiger partial charge in [0.1, 0.15) is 6.26 Å². The van der Waals surface area contributed by atoms with Crippen LogP contribution in [0.3, 0.4) is 0 Å². The van der Waals surface area contributed by atoms with E-state index < -0.39 is 0 Å². The van der Waals surface area contributed by atoms with Crippen LogP contribution in [-0.4, -0.2) is 43.5 Å². The van der Waals surface area contributed by atoms with Crippen molar-refractivity contribution in [2.75, 3.05) is 13.1 Å². The molecule has 1 aliphatic heterocycles. The Kier molecular flexibility index (Phi) is 3.71. The Morgan fingerprint density at radius 1 is 1.19 bits per heavy atom. The molecule has 134 valence electrons. The maximum Gasteiger partial charge on any atom is 0.257 e. The number of hydrogen-bond acceptors (Lipinski definition) is 5. The smallest absolute Gasteiger partial charge is 0.257 e. The summed E-state index contributed by atoms with van der Waals surface area (Å²) in [6.07, 6.45) is 9.41. The van der Waals surface area contributed by atoms with Crippen molar-refractivity contribution >= 4 is 11.6 Å². The fraction of sp³-hybridized carbons (Fsp3) is 0.200. The molecule has 1 amide bonds. The highest BCUT2D eigenvalue weighted by molar-refractivity contribution is 5.94. The highest BCUT2D eigenvalue weighted by Crippen LogP contribution is 2.27. The van der Waals surface area contributed by atoms with Gasteiger partial charge in [-0.2, -0.15) is 5.10 Å². The van der Waals surface area contributed by atoms with Gasteiger partial charge < -0.3 is 9.32 Å². The highest BCUT2D eigenvalue weighted by atomic mass is 16.3. The number of pyridine rings is 2. The molecule has 0 spiro atoms. The summed E-state index contributed by atoms with van der Waals surface area (Å²) in [5.74, 6) is 0.914. The zero-order chi connectivity index (χ0) is 18.2. The maximum atomic E-state index is 12.5. The minimum absolute atomic E-state index is 0.00567. The second-order valence-corrected chi connectivity index (χ2v) is 6.68. The monoisotopic (exact) mass is 359 g/mol. The van der Waals surface area contributed by atoms with Crippen LogP contribution in [0.4, 0.5) is 0 Å². The van der Waals surface area contributed by atoms with E-state index in [1.807, 2.05) is 41.6 Å². The summed E-state index contributed by atoms with van der Waals surface area (Å²) in [6, 6.07) is 9.61. The quantitative estimate of drug-likeness (QED) is 0.562. The number of carbonyl (C=O) groups excluding carboxylic acids is 1. The first-order chi connectivity index (χ1) is 13.3. The van der Waals surface area contributed by atoms with E-state index in [1.165, 1.54) is 12.5 Å². The number of fused-ring (bicyclic) bond motifs is 1. The number of hydrogen-bond donors (Lipinski definition) is 0. The van der Waals surface area contributed by atoms with Crippen molar-refractivity contribution < 1.29 is 9.21 Å². The van der Waals surface area contributed by atoms with Crippen molar-refractivity contribution in [3.63, 3.8) is 0 Å². The fourth-order valence-electron chi connectivity index (χ4n) is 3.50. The summed E-state index contributed by atoms with van der Waals surface area (Å²) in [6.45, 7) is 1.32. The van der Waals surface area contributed by atoms with E-state index >= 15 is 0 Å². The van der Waals surface area contributed by atoms with E-state index in [0.29, 0.717) is 18.7 Å². The molecular weight excluding hydrogens is 342 g/mol. The van der Waals surface area contributed by atoms with E-state index in [-0.39, 0.29) is 11.8 Å². The van der Waals surface area contributed by atoms with Gasteiger partial charge >= 0.3 is 0 Å². The number of rotatable bonds is 3. The molecule has 27 heavy (non-hydrogen) atoms. The van der Waals surface area contributed by atoms with Crippen LogP contribution in [-0.2, 0) is 0 Å². The van der Waals surface area contributed by atoms with Crippen molar-refractivity contribution in [3.05, 3.63) is 72.8 Å². The first-order valence-corrected chi connectivity index (χ1v) is 8.86. The van der Waals surface area contributed by atoms with E-state index in [0.717, 1.165) is 29.0 Å². The van der Waals surface area contributed by atoms with Crippen molar-refractivity contribution in [1.29, 1.82) is 0 Å². The van der Waals surface area contributed by atoms with Crippen LogP contribution in [0.2, 0.25) is 0 Å². The minimum atomic E-state index is -0.00567. The van der Waals surface area contributed by atoms with Gasteiger partial charge in [-0.3, -0.25) is 9.78 Å². The van der Waals surface area contributed by atoms with Crippen molar-refractivity contribution in [3.8, 4) is 11.1 Å². The summed E-state index contributed by atoms with van der Waals surface area (Å²) < 4.78 is 6.82. The first-order valence-electron chi connectivity index (χ1n) is 8.86. The Morgan fingerprint density at radius 3 is 2.96 bits per heavy atom. The van der Waals surface area contributed by atoms with Crippen LogP contribution in [0.1, 0.15) is 28.5 Å². The fourth-order valence-corrected chi connectivity index (χ4v) is 3.50. The van der Waals surface area contributed by atoms with Crippen LogP contribution in [0.5, 0.6) is 0 Å². The topological polar surface area (TPSA) is 76.5 Å². The zero-order valence-corrected chi connectivity index (χ0v) is 14.5. The van der Waals surface area contributed by atoms with Crippen LogP contribution in [0.15, 0.2) is 65.9 Å². The predicted molar refractivity (Wildman–Crippen MR) is 98.2 cm³/mol. The van der Waals surface area contributed by atoms with Crippen molar-refractivity contribution in [2.45, 2.75) is 12.3 Å². The van der Waals surface area contributed by atoms with E-state index in [1.54, 1.807) is 16.8 Å². The van der Waals surface area contributed by atoms with Crippen LogP contribution >= 0.6 is 0 Å². The van der Waals surface area contributed by atoms with Crippen molar-refractivity contribution in [2.24, 2.45) is 0 Å². The SMILES string of the molecule is O=C(c1ccoc1)N1CCC(c2nc3ccc(-c4cccnc4)cn3n2)C1. The van der Waals surface area contributed by atoms with Crippen LogP contribution < -0.4 is 0 Å². The van der Waals surface area contributed by atoms with Gasteiger partial charge in [0.25, 0.3) is 5.91 Å². The second kappa shape index (κ2) is 6.35. The summed E-state index contributed by atoms with van der Waals surface area (Å²) in [5.41, 5.74) is 3.46. The third kappa shape index (κ3) is 2.87. The lowest BCUT2D eigenvalue weighted by molar-refractivity contribution is 0.0790. The Morgan fingerprint density at radius 2 is 2.15 bits per heavy atom. The number of furan rings is 1. The Bertz CT molecular complexity index is 1090. The average Bonchev–Trinajstić information content (AvgIpc) is 3.47. The van der Waals surface area contributed by atoms with Crippen molar-refractivity contribution in [1.82, 2.24) is 24.5 Å². The average molecular weight is 359 g/mol. The minimum Gasteiger partial charge on any atom is -0.472 e. The van der Waals surface area contributed by atoms with Gasteiger partial charge in [-0.25, -0.2) is 9.50 Å². The van der Waals surface area contributed by atoms with Gasteiger partial charge in [0.05, 0.1) is 11.8 Å². The molecule has 0 aromatic carbocycles. The zero-order valence-electron chi connectivity index (χ0n) is 14.5. The number of carbonyl (C=O) groups is 1. The number of aromatic nitrogens is 4. The summed E-state index contributed by atoms with van der Waals surface area (Å²) in [7, 11) is 0. The Hall–Kier alpha value is -3.48. The molecule has 1 unspecified atom stereocenters. The lowest BCUT2D eigenvalue weighted by Gasteiger charge is -2.14. The van der Waals surface area contributed by atoms with Gasteiger partial charge in [-0.1, -0.05) is 6.07 Å². The largest absolute Gasteiger partial charge is 0.472 e. The number of amides is 1. The standard InChI is InChI=1S/C20H17N5O2/c26-20(17-6-9-27-13-17)24-8-5-16(11-24)19-22-18-4-3-15(12-25(18)23-19)14-2-1-7-21-10-14/h1-4,6-7,9-10,12-13,16H,5,8,11H2. The lowest BCUT2D eigenvalue weighted by Crippen LogP contribution is -2.28. The normalized spacial score (nSPS) is 16.9. The van der Waals surface area contributed by atoms with Crippen LogP contribution in [0, 0.1) is 0 Å². The molecule has 4 aromatic heterocycles. The highest BCUT2D eigenvalue weighted by Gasteiger charge is 2.30. The molecule has 4 aromatic rings. The maximum absolute atomic E-state index is 12.5. The molecule has 5 rings (SSSR count). The first kappa shape index (κ1) is 15.7. The van der Waals surface area contributed by atoms with E-state index in [2.05, 4.69) is 15.1 Å². The molecule has 7 heteroatoms. The molecule has 0 N–H and O–H groups in total. The number of nitrogens with zero attached hydrogens (tertiary/aromatic N) is 5. The molecular formula is C20H17N5O2. The molecule has 7 nitrogen and oxygen atoms in total. The van der Waals surface area contributed by atoms with Crippen LogP contribution in [0.25, 0.3) is 16.8 Å². The summed E-state index contributed by atoms with van der Waals surface area (Å²) >= 11 is 0. The molecule has 5 heterocycles. The Labute approximate surface area is 155 Å². The van der Waals surface area contributed by atoms with Gasteiger partial charge in [0.15, 0.2) is 11.5 Å². The summed E-state index contributed by atoms with van der Waals surface area (Å²) in [4.78, 5) is 23.1. The predicted octanol–water partition coefficient (Wildman–Crippen LogP) is 3.01. The molecule has 0 radical (unpaired) electrons. The van der Waals surface area contributed by atoms with Gasteiger partial charge in [-0.05, 0) is 30.7 Å². The van der Waals surface area contributed by atoms with Gasteiger partial charge in [0, 0.05) is 48.7 Å². The third-order valence-corrected chi connectivity index (χ3v) is 4.95. The molecule has 1 fully saturated rings. The Balaban J connectivity index is 1.39. The van der Waals surface area contributed by atoms with Gasteiger partial charge in [0.2, 0.25) is 0 Å². The molecule has 0 bridgehead atoms. The molecule has 0 aliphatic carbocycles. The molecule has 1 saturated heterocycles. The van der Waals surface area contributed by atoms with E-state index in [4.69, 9.17) is 4.42 Å². The molecule has 1 aliphatic rings. The van der Waals surface area contributed by atoms with E-state index in [9.17, 15) is 4.79 Å². The lowest BCUT2D eigenvalue weighted by atomic mass is 10.1. The van der Waals surface area contributed by atoms with Gasteiger partial charge in [-0.15, -0.1) is 0 Å². The summed E-state index contributed by atoms with van der Waals surface area (Å²) in [5, 5.41) is 4.67. The third-order valence-electron chi connectivity index (χ3n) is 4.95. The molecule has 0 saturated carbocycles. The second-order valence-electron chi connectivity index (χ2n) is 6.68. The number of likely N-dealkylation sites (tertiary alicyclic amines) is 1.